The van der Waals surface area contributed by atoms with Gasteiger partial charge in [0.1, 0.15) is 4.90 Å². The first-order valence-corrected chi connectivity index (χ1v) is 8.56. The number of hydrogen-bond donors (Lipinski definition) is 2. The molecular weight excluding hydrogens is 294 g/mol. The number of nitrogens with two attached hydrogens (primary N) is 1. The maximum atomic E-state index is 12.3. The van der Waals surface area contributed by atoms with Crippen molar-refractivity contribution in [1.29, 1.82) is 0 Å². The van der Waals surface area contributed by atoms with Crippen LogP contribution in [0.3, 0.4) is 0 Å². The summed E-state index contributed by atoms with van der Waals surface area (Å²) in [7, 11) is -3.50. The average molecular weight is 311 g/mol. The van der Waals surface area contributed by atoms with Gasteiger partial charge in [-0.25, -0.2) is 13.1 Å². The number of rotatable bonds is 6. The van der Waals surface area contributed by atoms with Crippen molar-refractivity contribution in [3.05, 3.63) is 45.9 Å². The van der Waals surface area contributed by atoms with Crippen LogP contribution in [0.1, 0.15) is 16.0 Å². The molecule has 0 fully saturated rings. The van der Waals surface area contributed by atoms with Crippen molar-refractivity contribution in [2.75, 3.05) is 6.54 Å². The molecule has 5 nitrogen and oxygen atoms in total. The maximum absolute atomic E-state index is 12.3. The molecule has 0 aliphatic carbocycles. The number of thiophene rings is 1. The van der Waals surface area contributed by atoms with Gasteiger partial charge in [0.05, 0.1) is 0 Å². The average Bonchev–Trinajstić information content (AvgIpc) is 2.81. The van der Waals surface area contributed by atoms with Crippen molar-refractivity contribution >= 4 is 21.4 Å². The normalized spacial score (nSPS) is 11.7. The van der Waals surface area contributed by atoms with Crippen molar-refractivity contribution in [2.45, 2.75) is 24.8 Å². The Morgan fingerprint density at radius 1 is 1.35 bits per heavy atom. The molecule has 3 N–H and O–H groups in total. The van der Waals surface area contributed by atoms with Crippen LogP contribution in [-0.4, -0.2) is 19.9 Å². The van der Waals surface area contributed by atoms with Crippen LogP contribution in [0.5, 0.6) is 0 Å². The number of hydrogen-bond acceptors (Lipinski definition) is 5. The lowest BCUT2D eigenvalue weighted by atomic mass is 10.2. The Bertz CT molecular complexity index is 666. The molecule has 2 rings (SSSR count). The van der Waals surface area contributed by atoms with Crippen molar-refractivity contribution in [1.82, 2.24) is 9.71 Å². The Balaban J connectivity index is 2.06. The maximum Gasteiger partial charge on any atom is 0.241 e. The molecule has 0 unspecified atom stereocenters. The Morgan fingerprint density at radius 2 is 2.05 bits per heavy atom. The zero-order valence-electron chi connectivity index (χ0n) is 11.2. The molecule has 0 aliphatic heterocycles. The summed E-state index contributed by atoms with van der Waals surface area (Å²) in [5.74, 6) is 0. The van der Waals surface area contributed by atoms with Crippen LogP contribution in [0, 0.1) is 6.92 Å². The predicted octanol–water partition coefficient (Wildman–Crippen LogP) is 1.43. The summed E-state index contributed by atoms with van der Waals surface area (Å²) >= 11 is 1.38. The molecule has 0 amide bonds. The van der Waals surface area contributed by atoms with Gasteiger partial charge in [0.15, 0.2) is 0 Å². The van der Waals surface area contributed by atoms with E-state index in [1.807, 2.05) is 17.5 Å². The fourth-order valence-electron chi connectivity index (χ4n) is 1.94. The second-order valence-corrected chi connectivity index (χ2v) is 7.05. The molecule has 0 aliphatic rings. The summed E-state index contributed by atoms with van der Waals surface area (Å²) in [6.45, 7) is 2.37. The van der Waals surface area contributed by atoms with E-state index in [1.165, 1.54) is 11.3 Å². The van der Waals surface area contributed by atoms with Gasteiger partial charge in [-0.15, -0.1) is 11.3 Å². The van der Waals surface area contributed by atoms with Crippen LogP contribution < -0.4 is 10.5 Å². The van der Waals surface area contributed by atoms with E-state index in [0.29, 0.717) is 22.7 Å². The molecule has 0 saturated carbocycles. The summed E-state index contributed by atoms with van der Waals surface area (Å²) in [5.41, 5.74) is 7.38. The van der Waals surface area contributed by atoms with Crippen LogP contribution >= 0.6 is 11.3 Å². The van der Waals surface area contributed by atoms with Crippen LogP contribution in [0.2, 0.25) is 0 Å². The summed E-state index contributed by atoms with van der Waals surface area (Å²) < 4.78 is 27.3. The van der Waals surface area contributed by atoms with E-state index in [0.717, 1.165) is 11.1 Å². The largest absolute Gasteiger partial charge is 0.326 e. The third kappa shape index (κ3) is 3.43. The van der Waals surface area contributed by atoms with Gasteiger partial charge in [-0.05, 0) is 42.0 Å². The second-order valence-electron chi connectivity index (χ2n) is 4.38. The fraction of sp³-hybridized carbons (Fsp3) is 0.308. The van der Waals surface area contributed by atoms with E-state index in [4.69, 9.17) is 5.73 Å². The van der Waals surface area contributed by atoms with E-state index >= 15 is 0 Å². The highest BCUT2D eigenvalue weighted by atomic mass is 32.2. The van der Waals surface area contributed by atoms with E-state index in [-0.39, 0.29) is 6.54 Å². The first-order chi connectivity index (χ1) is 9.54. The van der Waals surface area contributed by atoms with Gasteiger partial charge in [-0.2, -0.15) is 0 Å². The molecule has 2 aromatic heterocycles. The number of pyridine rings is 1. The fourth-order valence-corrected chi connectivity index (χ4v) is 4.67. The Labute approximate surface area is 122 Å². The van der Waals surface area contributed by atoms with Gasteiger partial charge < -0.3 is 5.73 Å². The molecule has 0 bridgehead atoms. The van der Waals surface area contributed by atoms with Gasteiger partial charge in [0, 0.05) is 30.4 Å². The summed E-state index contributed by atoms with van der Waals surface area (Å²) in [6, 6.07) is 3.74. The highest BCUT2D eigenvalue weighted by molar-refractivity contribution is 7.89. The van der Waals surface area contributed by atoms with Gasteiger partial charge in [-0.3, -0.25) is 4.98 Å². The lowest BCUT2D eigenvalue weighted by molar-refractivity contribution is 0.580. The molecule has 0 spiro atoms. The summed E-state index contributed by atoms with van der Waals surface area (Å²) in [5, 5.41) is 1.82. The number of nitrogens with zero attached hydrogens (tertiary/aromatic N) is 1. The Morgan fingerprint density at radius 3 is 2.70 bits per heavy atom. The number of aryl methyl sites for hydroxylation is 1. The highest BCUT2D eigenvalue weighted by Gasteiger charge is 2.21. The van der Waals surface area contributed by atoms with Crippen LogP contribution in [0.15, 0.2) is 34.8 Å². The van der Waals surface area contributed by atoms with Crippen LogP contribution in [0.4, 0.5) is 0 Å². The van der Waals surface area contributed by atoms with E-state index in [2.05, 4.69) is 9.71 Å². The number of aromatic nitrogens is 1. The minimum absolute atomic E-state index is 0.235. The molecule has 7 heteroatoms. The van der Waals surface area contributed by atoms with Gasteiger partial charge in [0.2, 0.25) is 10.0 Å². The van der Waals surface area contributed by atoms with Gasteiger partial charge in [0.25, 0.3) is 0 Å². The quantitative estimate of drug-likeness (QED) is 0.845. The third-order valence-corrected chi connectivity index (χ3v) is 5.84. The molecule has 20 heavy (non-hydrogen) atoms. The molecular formula is C13H17N3O2S2. The van der Waals surface area contributed by atoms with E-state index in [1.54, 1.807) is 19.3 Å². The lowest BCUT2D eigenvalue weighted by Crippen LogP contribution is -2.27. The van der Waals surface area contributed by atoms with Crippen LogP contribution in [0.25, 0.3) is 0 Å². The molecule has 2 heterocycles. The van der Waals surface area contributed by atoms with Crippen molar-refractivity contribution in [3.8, 4) is 0 Å². The van der Waals surface area contributed by atoms with Crippen molar-refractivity contribution in [3.63, 3.8) is 0 Å². The zero-order valence-corrected chi connectivity index (χ0v) is 12.8. The Hall–Kier alpha value is -1.28. The lowest BCUT2D eigenvalue weighted by Gasteiger charge is -2.08. The van der Waals surface area contributed by atoms with Crippen molar-refractivity contribution in [2.24, 2.45) is 5.73 Å². The molecule has 108 valence electrons. The molecule has 2 aromatic rings. The third-order valence-electron chi connectivity index (χ3n) is 2.90. The second kappa shape index (κ2) is 6.45. The zero-order chi connectivity index (χ0) is 14.6. The minimum atomic E-state index is -3.50. The van der Waals surface area contributed by atoms with Gasteiger partial charge in [-0.1, -0.05) is 0 Å². The van der Waals surface area contributed by atoms with E-state index in [9.17, 15) is 8.42 Å². The molecule has 0 aromatic carbocycles. The smallest absolute Gasteiger partial charge is 0.241 e. The number of sulfonamides is 1. The van der Waals surface area contributed by atoms with E-state index < -0.39 is 10.0 Å². The topological polar surface area (TPSA) is 85.1 Å². The summed E-state index contributed by atoms with van der Waals surface area (Å²) in [4.78, 5) is 4.95. The summed E-state index contributed by atoms with van der Waals surface area (Å²) in [6.07, 6.45) is 4.02. The van der Waals surface area contributed by atoms with Gasteiger partial charge >= 0.3 is 0 Å². The molecule has 0 saturated heterocycles. The standard InChI is InChI=1S/C13H17N3O2S2/c1-10-9-19-12(8-14)13(10)20(17,18)16-7-4-11-2-5-15-6-3-11/h2-3,5-6,9,16H,4,7-8,14H2,1H3. The SMILES string of the molecule is Cc1csc(CN)c1S(=O)(=O)NCCc1ccncc1. The minimum Gasteiger partial charge on any atom is -0.326 e. The molecule has 0 atom stereocenters. The monoisotopic (exact) mass is 311 g/mol. The predicted molar refractivity (Wildman–Crippen MR) is 80.1 cm³/mol. The van der Waals surface area contributed by atoms with Crippen molar-refractivity contribution < 1.29 is 8.42 Å². The number of nitrogens with one attached hydrogen (secondary N) is 1. The first-order valence-electron chi connectivity index (χ1n) is 6.20. The Kier molecular flexibility index (Phi) is 4.87. The molecule has 0 radical (unpaired) electrons. The van der Waals surface area contributed by atoms with Crippen LogP contribution in [-0.2, 0) is 23.0 Å². The first kappa shape index (κ1) is 15.1. The highest BCUT2D eigenvalue weighted by Crippen LogP contribution is 2.26.